The molecule has 6 heteroatoms. The molecule has 0 saturated heterocycles. The van der Waals surface area contributed by atoms with Crippen LogP contribution in [-0.4, -0.2) is 15.1 Å². The molecule has 0 spiro atoms. The summed E-state index contributed by atoms with van der Waals surface area (Å²) in [5, 5.41) is 10.9. The highest BCUT2D eigenvalue weighted by molar-refractivity contribution is 9.10. The Bertz CT molecular complexity index is 834. The van der Waals surface area contributed by atoms with Crippen molar-refractivity contribution in [3.63, 3.8) is 0 Å². The third-order valence-electron chi connectivity index (χ3n) is 3.54. The molecule has 0 aliphatic carbocycles. The van der Waals surface area contributed by atoms with Gasteiger partial charge in [0.25, 0.3) is 0 Å². The lowest BCUT2D eigenvalue weighted by Crippen LogP contribution is -1.99. The third-order valence-corrected chi connectivity index (χ3v) is 4.36. The second-order valence-corrected chi connectivity index (χ2v) is 6.10. The molecule has 0 saturated carbocycles. The van der Waals surface area contributed by atoms with Crippen molar-refractivity contribution in [3.05, 3.63) is 57.0 Å². The first-order valence-electron chi connectivity index (χ1n) is 6.28. The number of aromatic amines is 1. The maximum absolute atomic E-state index is 13.7. The fraction of sp³-hybridized carbons (Fsp3) is 0.133. The average Bonchev–Trinajstić information content (AvgIpc) is 2.86. The summed E-state index contributed by atoms with van der Waals surface area (Å²) < 4.78 is 14.5. The van der Waals surface area contributed by atoms with Crippen LogP contribution in [0.25, 0.3) is 11.0 Å². The summed E-state index contributed by atoms with van der Waals surface area (Å²) in [6.07, 6.45) is 3.50. The predicted molar refractivity (Wildman–Crippen MR) is 84.4 cm³/mol. The van der Waals surface area contributed by atoms with Crippen molar-refractivity contribution < 1.29 is 9.50 Å². The number of fused-ring (bicyclic) bond motifs is 1. The topological polar surface area (TPSA) is 48.9 Å². The summed E-state index contributed by atoms with van der Waals surface area (Å²) >= 11 is 9.41. The fourth-order valence-corrected chi connectivity index (χ4v) is 3.13. The van der Waals surface area contributed by atoms with E-state index < -0.39 is 5.82 Å². The highest BCUT2D eigenvalue weighted by Crippen LogP contribution is 2.40. The molecule has 3 rings (SSSR count). The quantitative estimate of drug-likeness (QED) is 0.669. The summed E-state index contributed by atoms with van der Waals surface area (Å²) in [7, 11) is 0. The zero-order valence-corrected chi connectivity index (χ0v) is 13.3. The van der Waals surface area contributed by atoms with Crippen molar-refractivity contribution in [1.82, 2.24) is 9.97 Å². The van der Waals surface area contributed by atoms with E-state index in [1.54, 1.807) is 12.4 Å². The van der Waals surface area contributed by atoms with Crippen LogP contribution in [0.1, 0.15) is 24.0 Å². The molecule has 108 valence electrons. The van der Waals surface area contributed by atoms with Gasteiger partial charge in [-0.1, -0.05) is 18.5 Å². The monoisotopic (exact) mass is 368 g/mol. The van der Waals surface area contributed by atoms with Gasteiger partial charge >= 0.3 is 0 Å². The van der Waals surface area contributed by atoms with E-state index >= 15 is 0 Å². The first kappa shape index (κ1) is 14.4. The van der Waals surface area contributed by atoms with Crippen LogP contribution in [0.2, 0.25) is 5.02 Å². The molecular weight excluding hydrogens is 359 g/mol. The van der Waals surface area contributed by atoms with E-state index in [1.165, 1.54) is 6.07 Å². The van der Waals surface area contributed by atoms with E-state index in [9.17, 15) is 9.50 Å². The van der Waals surface area contributed by atoms with Crippen LogP contribution < -0.4 is 0 Å². The molecule has 2 aromatic heterocycles. The Kier molecular flexibility index (Phi) is 3.63. The molecule has 0 aliphatic rings. The summed E-state index contributed by atoms with van der Waals surface area (Å²) in [6, 6.07) is 4.40. The molecule has 1 aromatic carbocycles. The van der Waals surface area contributed by atoms with Crippen molar-refractivity contribution in [2.75, 3.05) is 0 Å². The molecule has 0 bridgehead atoms. The average molecular weight is 370 g/mol. The van der Waals surface area contributed by atoms with E-state index in [-0.39, 0.29) is 16.7 Å². The van der Waals surface area contributed by atoms with E-state index in [2.05, 4.69) is 25.9 Å². The van der Waals surface area contributed by atoms with E-state index in [0.717, 1.165) is 27.1 Å². The molecule has 0 aliphatic heterocycles. The van der Waals surface area contributed by atoms with Gasteiger partial charge in [0.1, 0.15) is 17.2 Å². The second-order valence-electron chi connectivity index (χ2n) is 4.81. The van der Waals surface area contributed by atoms with Crippen LogP contribution in [0.15, 0.2) is 35.1 Å². The maximum Gasteiger partial charge on any atom is 0.142 e. The third kappa shape index (κ3) is 2.40. The maximum atomic E-state index is 13.7. The van der Waals surface area contributed by atoms with Crippen molar-refractivity contribution in [2.45, 2.75) is 12.8 Å². The first-order valence-corrected chi connectivity index (χ1v) is 7.45. The summed E-state index contributed by atoms with van der Waals surface area (Å²) in [5.74, 6) is -0.847. The van der Waals surface area contributed by atoms with Crippen LogP contribution >= 0.6 is 27.5 Å². The molecule has 1 unspecified atom stereocenters. The van der Waals surface area contributed by atoms with Crippen molar-refractivity contribution >= 4 is 38.6 Å². The molecule has 3 aromatic rings. The van der Waals surface area contributed by atoms with E-state index in [4.69, 9.17) is 11.6 Å². The van der Waals surface area contributed by atoms with Gasteiger partial charge in [-0.25, -0.2) is 9.37 Å². The van der Waals surface area contributed by atoms with Crippen LogP contribution in [0, 0.1) is 5.82 Å². The van der Waals surface area contributed by atoms with Crippen LogP contribution in [0.3, 0.4) is 0 Å². The number of hydrogen-bond donors (Lipinski definition) is 2. The van der Waals surface area contributed by atoms with E-state index in [0.29, 0.717) is 5.56 Å². The summed E-state index contributed by atoms with van der Waals surface area (Å²) in [6.45, 7) is 1.86. The normalized spacial score (nSPS) is 12.8. The number of hydrogen-bond acceptors (Lipinski definition) is 2. The Labute approximate surface area is 133 Å². The summed E-state index contributed by atoms with van der Waals surface area (Å²) in [4.78, 5) is 7.34. The molecule has 1 atom stereocenters. The number of nitrogens with zero attached hydrogens (tertiary/aromatic N) is 1. The van der Waals surface area contributed by atoms with Gasteiger partial charge in [0.15, 0.2) is 0 Å². The van der Waals surface area contributed by atoms with E-state index in [1.807, 2.05) is 13.0 Å². The van der Waals surface area contributed by atoms with Gasteiger partial charge in [0, 0.05) is 33.7 Å². The zero-order valence-electron chi connectivity index (χ0n) is 11.0. The van der Waals surface area contributed by atoms with Crippen LogP contribution in [0.4, 0.5) is 4.39 Å². The molecule has 2 N–H and O–H groups in total. The smallest absolute Gasteiger partial charge is 0.142 e. The van der Waals surface area contributed by atoms with Crippen LogP contribution in [-0.2, 0) is 0 Å². The minimum Gasteiger partial charge on any atom is -0.508 e. The SMILES string of the molecule is CC(c1c(O)ccc(F)c1Cl)c1c[nH]c2ncc(Br)cc12. The number of pyridine rings is 1. The molecule has 0 fully saturated rings. The number of phenolic OH excluding ortho intramolecular Hbond substituents is 1. The van der Waals surface area contributed by atoms with Gasteiger partial charge < -0.3 is 10.1 Å². The largest absolute Gasteiger partial charge is 0.508 e. The first-order chi connectivity index (χ1) is 9.99. The Morgan fingerprint density at radius 3 is 2.95 bits per heavy atom. The number of rotatable bonds is 2. The van der Waals surface area contributed by atoms with Gasteiger partial charge in [0.05, 0.1) is 5.02 Å². The Hall–Kier alpha value is -1.59. The van der Waals surface area contributed by atoms with Gasteiger partial charge in [-0.2, -0.15) is 0 Å². The number of benzene rings is 1. The highest BCUT2D eigenvalue weighted by atomic mass is 79.9. The van der Waals surface area contributed by atoms with Gasteiger partial charge in [0.2, 0.25) is 0 Å². The summed E-state index contributed by atoms with van der Waals surface area (Å²) in [5.41, 5.74) is 1.99. The minimum atomic E-state index is -0.546. The Morgan fingerprint density at radius 1 is 1.43 bits per heavy atom. The Balaban J connectivity index is 2.19. The highest BCUT2D eigenvalue weighted by Gasteiger charge is 2.22. The fourth-order valence-electron chi connectivity index (χ4n) is 2.48. The lowest BCUT2D eigenvalue weighted by molar-refractivity contribution is 0.463. The molecular formula is C15H11BrClFN2O. The van der Waals surface area contributed by atoms with Gasteiger partial charge in [-0.15, -0.1) is 0 Å². The second kappa shape index (κ2) is 5.31. The molecule has 0 radical (unpaired) electrons. The number of nitrogens with one attached hydrogen (secondary N) is 1. The number of aromatic hydroxyl groups is 1. The van der Waals surface area contributed by atoms with Gasteiger partial charge in [-0.3, -0.25) is 0 Å². The standard InChI is InChI=1S/C15H11BrClFN2O/c1-7(13-12(21)3-2-11(18)14(13)17)10-6-20-15-9(10)4-8(16)5-19-15/h2-7,21H,1H3,(H,19,20). The van der Waals surface area contributed by atoms with Crippen LogP contribution in [0.5, 0.6) is 5.75 Å². The zero-order chi connectivity index (χ0) is 15.1. The lowest BCUT2D eigenvalue weighted by atomic mass is 9.92. The molecule has 2 heterocycles. The van der Waals surface area contributed by atoms with Crippen molar-refractivity contribution in [3.8, 4) is 5.75 Å². The number of phenols is 1. The van der Waals surface area contributed by atoms with Gasteiger partial charge in [-0.05, 0) is 39.7 Å². The van der Waals surface area contributed by atoms with Crippen molar-refractivity contribution in [2.24, 2.45) is 0 Å². The minimum absolute atomic E-state index is 0.0220. The lowest BCUT2D eigenvalue weighted by Gasteiger charge is -2.15. The molecule has 0 amide bonds. The molecule has 3 nitrogen and oxygen atoms in total. The Morgan fingerprint density at radius 2 is 2.19 bits per heavy atom. The number of halogens is 3. The molecule has 21 heavy (non-hydrogen) atoms. The number of aromatic nitrogens is 2. The number of H-pyrrole nitrogens is 1. The predicted octanol–water partition coefficient (Wildman–Crippen LogP) is 4.98. The van der Waals surface area contributed by atoms with Crippen molar-refractivity contribution in [1.29, 1.82) is 0 Å².